The van der Waals surface area contributed by atoms with E-state index in [1.54, 1.807) is 20.8 Å². The summed E-state index contributed by atoms with van der Waals surface area (Å²) in [6, 6.07) is 0. The molecule has 0 radical (unpaired) electrons. The molecular weight excluding hydrogens is 360 g/mol. The van der Waals surface area contributed by atoms with Crippen LogP contribution in [0, 0.1) is 0 Å². The number of hydrazine groups is 1. The van der Waals surface area contributed by atoms with Gasteiger partial charge in [0.1, 0.15) is 5.60 Å². The molecule has 0 aromatic rings. The second-order valence-electron chi connectivity index (χ2n) is 6.12. The van der Waals surface area contributed by atoms with E-state index in [2.05, 4.69) is 26.2 Å². The van der Waals surface area contributed by atoms with Crippen molar-refractivity contribution in [2.75, 3.05) is 59.3 Å². The van der Waals surface area contributed by atoms with Crippen LogP contribution in [-0.4, -0.2) is 76.9 Å². The molecule has 0 saturated carbocycles. The van der Waals surface area contributed by atoms with Gasteiger partial charge in [-0.15, -0.1) is 0 Å². The molecule has 12 heteroatoms. The Morgan fingerprint density at radius 2 is 1.59 bits per heavy atom. The van der Waals surface area contributed by atoms with Crippen molar-refractivity contribution < 1.29 is 28.5 Å². The van der Waals surface area contributed by atoms with Gasteiger partial charge in [-0.2, -0.15) is 0 Å². The maximum Gasteiger partial charge on any atom is 0.422 e. The molecule has 0 heterocycles. The number of nitrogens with zero attached hydrogens (tertiary/aromatic N) is 3. The highest BCUT2D eigenvalue weighted by atomic mass is 16.6. The predicted octanol–water partition coefficient (Wildman–Crippen LogP) is 0.492. The number of nitrogens with one attached hydrogen (secondary N) is 3. The molecule has 0 aliphatic heterocycles. The van der Waals surface area contributed by atoms with Gasteiger partial charge in [-0.3, -0.25) is 10.2 Å². The number of carbonyl (C=O) groups excluding carboxylic acids is 2. The van der Waals surface area contributed by atoms with Gasteiger partial charge in [0.2, 0.25) is 5.91 Å². The Morgan fingerprint density at radius 1 is 1.00 bits per heavy atom. The van der Waals surface area contributed by atoms with Crippen molar-refractivity contribution in [3.8, 4) is 0 Å². The number of azide groups is 1. The Kier molecular flexibility index (Phi) is 14.8. The van der Waals surface area contributed by atoms with Crippen LogP contribution in [0.2, 0.25) is 0 Å². The molecule has 156 valence electrons. The number of ether oxygens (including phenoxy) is 4. The zero-order valence-electron chi connectivity index (χ0n) is 16.2. The molecule has 0 saturated heterocycles. The molecule has 0 aromatic heterocycles. The molecule has 0 aromatic carbocycles. The zero-order chi connectivity index (χ0) is 20.4. The Hall–Kier alpha value is -2.11. The molecular formula is C15H30N6O6. The van der Waals surface area contributed by atoms with Crippen LogP contribution in [0.15, 0.2) is 5.11 Å². The van der Waals surface area contributed by atoms with Gasteiger partial charge < -0.3 is 24.3 Å². The van der Waals surface area contributed by atoms with Crippen molar-refractivity contribution in [1.29, 1.82) is 0 Å². The third-order valence-electron chi connectivity index (χ3n) is 2.55. The fourth-order valence-corrected chi connectivity index (χ4v) is 1.52. The molecule has 0 aliphatic carbocycles. The van der Waals surface area contributed by atoms with E-state index < -0.39 is 11.7 Å². The largest absolute Gasteiger partial charge is 0.443 e. The molecule has 12 nitrogen and oxygen atoms in total. The average molecular weight is 390 g/mol. The van der Waals surface area contributed by atoms with Crippen molar-refractivity contribution in [1.82, 2.24) is 16.2 Å². The van der Waals surface area contributed by atoms with E-state index in [-0.39, 0.29) is 12.5 Å². The Balaban J connectivity index is 3.34. The molecule has 0 aliphatic rings. The van der Waals surface area contributed by atoms with Crippen molar-refractivity contribution in [3.63, 3.8) is 0 Å². The number of hydrogen-bond donors (Lipinski definition) is 3. The van der Waals surface area contributed by atoms with Crippen LogP contribution in [0.5, 0.6) is 0 Å². The highest BCUT2D eigenvalue weighted by Gasteiger charge is 2.15. The zero-order valence-corrected chi connectivity index (χ0v) is 16.2. The van der Waals surface area contributed by atoms with Gasteiger partial charge >= 0.3 is 6.09 Å². The lowest BCUT2D eigenvalue weighted by atomic mass is 10.2. The third kappa shape index (κ3) is 20.1. The molecule has 0 bridgehead atoms. The summed E-state index contributed by atoms with van der Waals surface area (Å²) in [4.78, 5) is 25.5. The summed E-state index contributed by atoms with van der Waals surface area (Å²) in [5, 5.41) is 5.96. The lowest BCUT2D eigenvalue weighted by Crippen LogP contribution is -2.46. The Labute approximate surface area is 158 Å². The topological polar surface area (TPSA) is 156 Å². The first kappa shape index (κ1) is 24.9. The van der Waals surface area contributed by atoms with Crippen molar-refractivity contribution in [2.24, 2.45) is 5.11 Å². The second kappa shape index (κ2) is 16.1. The smallest absolute Gasteiger partial charge is 0.422 e. The van der Waals surface area contributed by atoms with Crippen molar-refractivity contribution in [2.45, 2.75) is 26.4 Å². The van der Waals surface area contributed by atoms with Gasteiger partial charge in [0.25, 0.3) is 0 Å². The fraction of sp³-hybridized carbons (Fsp3) is 0.867. The van der Waals surface area contributed by atoms with E-state index in [0.29, 0.717) is 52.7 Å². The Bertz CT molecular complexity index is 464. The molecule has 0 spiro atoms. The molecule has 27 heavy (non-hydrogen) atoms. The summed E-state index contributed by atoms with van der Waals surface area (Å²) in [6.45, 7) is 8.15. The molecule has 0 fully saturated rings. The standard InChI is InChI=1S/C15H30N6O6/c1-15(2,3)27-14(23)20-19-12-13(22)17-4-6-24-8-10-26-11-9-25-7-5-18-21-16/h19H,4-12H2,1-3H3,(H,17,22)(H,20,23). The van der Waals surface area contributed by atoms with Gasteiger partial charge in [-0.05, 0) is 26.3 Å². The molecule has 0 unspecified atom stereocenters. The van der Waals surface area contributed by atoms with Crippen LogP contribution >= 0.6 is 0 Å². The fourth-order valence-electron chi connectivity index (χ4n) is 1.52. The predicted molar refractivity (Wildman–Crippen MR) is 96.9 cm³/mol. The van der Waals surface area contributed by atoms with E-state index >= 15 is 0 Å². The third-order valence-corrected chi connectivity index (χ3v) is 2.55. The first-order chi connectivity index (χ1) is 12.8. The molecule has 0 rings (SSSR count). The van der Waals surface area contributed by atoms with E-state index in [1.807, 2.05) is 0 Å². The number of rotatable bonds is 15. The van der Waals surface area contributed by atoms with Crippen molar-refractivity contribution in [3.05, 3.63) is 10.4 Å². The van der Waals surface area contributed by atoms with E-state index in [9.17, 15) is 9.59 Å². The van der Waals surface area contributed by atoms with Crippen LogP contribution in [0.4, 0.5) is 4.79 Å². The minimum atomic E-state index is -0.653. The quantitative estimate of drug-likeness (QED) is 0.121. The SMILES string of the molecule is CC(C)(C)OC(=O)NNCC(=O)NCCOCCOCCOCCN=[N+]=[N-]. The summed E-state index contributed by atoms with van der Waals surface area (Å²) in [7, 11) is 0. The molecule has 3 N–H and O–H groups in total. The average Bonchev–Trinajstić information content (AvgIpc) is 2.57. The minimum Gasteiger partial charge on any atom is -0.443 e. The summed E-state index contributed by atoms with van der Waals surface area (Å²) in [5.74, 6) is -0.288. The van der Waals surface area contributed by atoms with E-state index in [4.69, 9.17) is 24.5 Å². The number of carbonyl (C=O) groups is 2. The maximum atomic E-state index is 11.5. The van der Waals surface area contributed by atoms with Gasteiger partial charge in [0, 0.05) is 18.0 Å². The number of amides is 2. The minimum absolute atomic E-state index is 0.0813. The lowest BCUT2D eigenvalue weighted by molar-refractivity contribution is -0.120. The van der Waals surface area contributed by atoms with Crippen LogP contribution in [0.25, 0.3) is 10.4 Å². The number of hydrogen-bond acceptors (Lipinski definition) is 8. The van der Waals surface area contributed by atoms with Crippen LogP contribution in [0.1, 0.15) is 20.8 Å². The molecule has 0 atom stereocenters. The normalized spacial score (nSPS) is 10.8. The van der Waals surface area contributed by atoms with E-state index in [1.165, 1.54) is 0 Å². The first-order valence-electron chi connectivity index (χ1n) is 8.58. The monoisotopic (exact) mass is 390 g/mol. The first-order valence-corrected chi connectivity index (χ1v) is 8.58. The van der Waals surface area contributed by atoms with Crippen LogP contribution in [-0.2, 0) is 23.7 Å². The van der Waals surface area contributed by atoms with Crippen molar-refractivity contribution >= 4 is 12.0 Å². The highest BCUT2D eigenvalue weighted by molar-refractivity contribution is 5.78. The van der Waals surface area contributed by atoms with Crippen LogP contribution in [0.3, 0.4) is 0 Å². The highest BCUT2D eigenvalue weighted by Crippen LogP contribution is 2.05. The van der Waals surface area contributed by atoms with Gasteiger partial charge in [0.05, 0.1) is 46.2 Å². The van der Waals surface area contributed by atoms with Gasteiger partial charge in [-0.25, -0.2) is 10.2 Å². The van der Waals surface area contributed by atoms with Crippen LogP contribution < -0.4 is 16.2 Å². The summed E-state index contributed by atoms with van der Waals surface area (Å²) in [5.41, 5.74) is 12.2. The summed E-state index contributed by atoms with van der Waals surface area (Å²) >= 11 is 0. The molecule has 2 amide bonds. The maximum absolute atomic E-state index is 11.5. The summed E-state index contributed by atoms with van der Waals surface area (Å²) in [6.07, 6.45) is -0.653. The Morgan fingerprint density at radius 3 is 2.19 bits per heavy atom. The van der Waals surface area contributed by atoms with Gasteiger partial charge in [0.15, 0.2) is 0 Å². The summed E-state index contributed by atoms with van der Waals surface area (Å²) < 4.78 is 20.7. The second-order valence-corrected chi connectivity index (χ2v) is 6.12. The lowest BCUT2D eigenvalue weighted by Gasteiger charge is -2.19. The van der Waals surface area contributed by atoms with E-state index in [0.717, 1.165) is 0 Å². The van der Waals surface area contributed by atoms with Gasteiger partial charge in [-0.1, -0.05) is 5.11 Å².